The lowest BCUT2D eigenvalue weighted by Crippen LogP contribution is -2.25. The Morgan fingerprint density at radius 2 is 2.25 bits per heavy atom. The lowest BCUT2D eigenvalue weighted by molar-refractivity contribution is 0.149. The van der Waals surface area contributed by atoms with Crippen LogP contribution in [0.4, 0.5) is 0 Å². The second-order valence-electron chi connectivity index (χ2n) is 3.10. The van der Waals surface area contributed by atoms with Gasteiger partial charge in [0.1, 0.15) is 13.1 Å². The molecular weight excluding hydrogens is 179 g/mol. The number of hydrogen-bond donors (Lipinski definition) is 3. The largest absolute Gasteiger partial charge is 0.355 e. The molecule has 0 heterocycles. The van der Waals surface area contributed by atoms with Crippen LogP contribution in [0.2, 0.25) is 0 Å². The van der Waals surface area contributed by atoms with Gasteiger partial charge in [-0.2, -0.15) is 0 Å². The quantitative estimate of drug-likeness (QED) is 0.187. The first-order valence-corrected chi connectivity index (χ1v) is 5.83. The average molecular weight is 196 g/mol. The summed E-state index contributed by atoms with van der Waals surface area (Å²) in [4.78, 5) is 9.27. The van der Waals surface area contributed by atoms with E-state index in [1.165, 1.54) is 0 Å². The normalized spacial score (nSPS) is 16.4. The molecule has 4 N–H and O–H groups in total. The van der Waals surface area contributed by atoms with Gasteiger partial charge in [0.25, 0.3) is 0 Å². The molecule has 0 saturated heterocycles. The van der Waals surface area contributed by atoms with Crippen LogP contribution in [0.1, 0.15) is 13.8 Å². The standard InChI is InChI=1S/C6H17N2O3P/c1-6(2)3-12(9,10)5-11-4-8-7/h6,8H,3-5,7H2,1-2H3,(H,9,10). The predicted octanol–water partition coefficient (Wildman–Crippen LogP) is 0.308. The van der Waals surface area contributed by atoms with E-state index in [1.54, 1.807) is 0 Å². The van der Waals surface area contributed by atoms with Crippen LogP contribution in [0.15, 0.2) is 0 Å². The van der Waals surface area contributed by atoms with Crippen LogP contribution in [-0.4, -0.2) is 24.1 Å². The number of ether oxygens (including phenoxy) is 1. The van der Waals surface area contributed by atoms with E-state index in [0.717, 1.165) is 0 Å². The average Bonchev–Trinajstić information content (AvgIpc) is 1.84. The van der Waals surface area contributed by atoms with Crippen LogP contribution in [0.3, 0.4) is 0 Å². The molecule has 5 nitrogen and oxygen atoms in total. The molecule has 1 unspecified atom stereocenters. The summed E-state index contributed by atoms with van der Waals surface area (Å²) in [7, 11) is -3.10. The molecule has 0 fully saturated rings. The zero-order valence-electron chi connectivity index (χ0n) is 7.49. The third-order valence-corrected chi connectivity index (χ3v) is 3.02. The van der Waals surface area contributed by atoms with Gasteiger partial charge in [-0.15, -0.1) is 0 Å². The summed E-state index contributed by atoms with van der Waals surface area (Å²) in [6, 6.07) is 0. The number of nitrogens with two attached hydrogens (primary N) is 1. The lowest BCUT2D eigenvalue weighted by Gasteiger charge is -2.13. The highest BCUT2D eigenvalue weighted by molar-refractivity contribution is 7.57. The molecule has 0 aliphatic carbocycles. The Bertz CT molecular complexity index is 163. The highest BCUT2D eigenvalue weighted by atomic mass is 31.2. The van der Waals surface area contributed by atoms with Crippen LogP contribution in [-0.2, 0) is 9.30 Å². The highest BCUT2D eigenvalue weighted by Gasteiger charge is 2.19. The van der Waals surface area contributed by atoms with Gasteiger partial charge in [0.05, 0.1) is 0 Å². The Morgan fingerprint density at radius 1 is 1.67 bits per heavy atom. The van der Waals surface area contributed by atoms with E-state index in [9.17, 15) is 9.46 Å². The van der Waals surface area contributed by atoms with E-state index >= 15 is 0 Å². The Labute approximate surface area is 72.7 Å². The third-order valence-electron chi connectivity index (χ3n) is 1.13. The molecule has 0 spiro atoms. The molecule has 12 heavy (non-hydrogen) atoms. The zero-order valence-corrected chi connectivity index (χ0v) is 8.38. The lowest BCUT2D eigenvalue weighted by atomic mass is 10.3. The minimum Gasteiger partial charge on any atom is -0.355 e. The zero-order chi connectivity index (χ0) is 9.61. The topological polar surface area (TPSA) is 84.6 Å². The molecule has 0 rings (SSSR count). The molecule has 0 aliphatic rings. The predicted molar refractivity (Wildman–Crippen MR) is 47.7 cm³/mol. The van der Waals surface area contributed by atoms with Crippen molar-refractivity contribution in [2.75, 3.05) is 19.2 Å². The molecule has 0 radical (unpaired) electrons. The first kappa shape index (κ1) is 12.1. The van der Waals surface area contributed by atoms with Crippen molar-refractivity contribution in [1.82, 2.24) is 5.43 Å². The molecule has 0 aromatic carbocycles. The Kier molecular flexibility index (Phi) is 5.70. The number of hydrogen-bond acceptors (Lipinski definition) is 4. The fourth-order valence-corrected chi connectivity index (χ4v) is 2.49. The number of rotatable bonds is 6. The molecule has 0 saturated carbocycles. The maximum absolute atomic E-state index is 11.3. The van der Waals surface area contributed by atoms with Gasteiger partial charge in [-0.25, -0.2) is 5.43 Å². The molecular formula is C6H17N2O3P. The summed E-state index contributed by atoms with van der Waals surface area (Å²) >= 11 is 0. The van der Waals surface area contributed by atoms with Crippen LogP contribution in [0.25, 0.3) is 0 Å². The van der Waals surface area contributed by atoms with Gasteiger partial charge in [-0.05, 0) is 5.92 Å². The van der Waals surface area contributed by atoms with Gasteiger partial charge < -0.3 is 9.63 Å². The molecule has 0 aromatic rings. The van der Waals surface area contributed by atoms with Crippen molar-refractivity contribution in [3.05, 3.63) is 0 Å². The van der Waals surface area contributed by atoms with Crippen LogP contribution in [0, 0.1) is 5.92 Å². The fourth-order valence-electron chi connectivity index (χ4n) is 0.870. The Balaban J connectivity index is 3.64. The summed E-state index contributed by atoms with van der Waals surface area (Å²) < 4.78 is 16.1. The molecule has 74 valence electrons. The molecule has 0 aliphatic heterocycles. The van der Waals surface area contributed by atoms with Gasteiger partial charge in [0.15, 0.2) is 0 Å². The van der Waals surface area contributed by atoms with Gasteiger partial charge in [0, 0.05) is 6.16 Å². The summed E-state index contributed by atoms with van der Waals surface area (Å²) in [5.41, 5.74) is 2.24. The van der Waals surface area contributed by atoms with E-state index in [-0.39, 0.29) is 25.2 Å². The summed E-state index contributed by atoms with van der Waals surface area (Å²) in [6.07, 6.45) is 0.160. The van der Waals surface area contributed by atoms with Crippen molar-refractivity contribution < 1.29 is 14.2 Å². The van der Waals surface area contributed by atoms with E-state index in [2.05, 4.69) is 5.43 Å². The van der Waals surface area contributed by atoms with Crippen molar-refractivity contribution >= 4 is 7.37 Å². The molecule has 0 aromatic heterocycles. The van der Waals surface area contributed by atoms with Crippen molar-refractivity contribution in [1.29, 1.82) is 0 Å². The van der Waals surface area contributed by atoms with Crippen LogP contribution in [0.5, 0.6) is 0 Å². The van der Waals surface area contributed by atoms with Gasteiger partial charge in [-0.1, -0.05) is 13.8 Å². The van der Waals surface area contributed by atoms with E-state index < -0.39 is 7.37 Å². The summed E-state index contributed by atoms with van der Waals surface area (Å²) in [5.74, 6) is 5.12. The van der Waals surface area contributed by atoms with Crippen molar-refractivity contribution in [3.63, 3.8) is 0 Å². The van der Waals surface area contributed by atoms with E-state index in [4.69, 9.17) is 10.6 Å². The Hall–Kier alpha value is 0.0700. The van der Waals surface area contributed by atoms with Gasteiger partial charge in [0.2, 0.25) is 7.37 Å². The SMILES string of the molecule is CC(C)CP(=O)(O)COCNN. The fraction of sp³-hybridized carbons (Fsp3) is 1.00. The molecule has 0 bridgehead atoms. The Morgan fingerprint density at radius 3 is 2.67 bits per heavy atom. The second kappa shape index (κ2) is 5.67. The first-order valence-electron chi connectivity index (χ1n) is 3.80. The van der Waals surface area contributed by atoms with Crippen LogP contribution < -0.4 is 11.3 Å². The van der Waals surface area contributed by atoms with Crippen LogP contribution >= 0.6 is 7.37 Å². The minimum atomic E-state index is -3.10. The smallest absolute Gasteiger partial charge is 0.225 e. The maximum atomic E-state index is 11.3. The van der Waals surface area contributed by atoms with Crippen molar-refractivity contribution in [2.24, 2.45) is 11.8 Å². The maximum Gasteiger partial charge on any atom is 0.225 e. The number of hydrazine groups is 1. The monoisotopic (exact) mass is 196 g/mol. The van der Waals surface area contributed by atoms with Gasteiger partial charge in [-0.3, -0.25) is 10.4 Å². The minimum absolute atomic E-state index is 0.0998. The van der Waals surface area contributed by atoms with E-state index in [0.29, 0.717) is 0 Å². The first-order chi connectivity index (χ1) is 5.48. The second-order valence-corrected chi connectivity index (χ2v) is 5.42. The molecule has 1 atom stereocenters. The van der Waals surface area contributed by atoms with Crippen molar-refractivity contribution in [3.8, 4) is 0 Å². The third kappa shape index (κ3) is 6.76. The van der Waals surface area contributed by atoms with Gasteiger partial charge >= 0.3 is 0 Å². The molecule has 6 heteroatoms. The van der Waals surface area contributed by atoms with E-state index in [1.807, 2.05) is 13.8 Å². The highest BCUT2D eigenvalue weighted by Crippen LogP contribution is 2.41. The summed E-state index contributed by atoms with van der Waals surface area (Å²) in [6.45, 7) is 3.89. The number of nitrogens with one attached hydrogen (secondary N) is 1. The summed E-state index contributed by atoms with van der Waals surface area (Å²) in [5, 5.41) is 0. The van der Waals surface area contributed by atoms with Crippen molar-refractivity contribution in [2.45, 2.75) is 13.8 Å². The molecule has 0 amide bonds.